The van der Waals surface area contributed by atoms with Crippen LogP contribution in [0, 0.1) is 11.8 Å². The molecule has 36 heavy (non-hydrogen) atoms. The average Bonchev–Trinajstić information content (AvgIpc) is 3.36. The predicted octanol–water partition coefficient (Wildman–Crippen LogP) is 3.66. The van der Waals surface area contributed by atoms with Gasteiger partial charge in [-0.25, -0.2) is 9.29 Å². The smallest absolute Gasteiger partial charge is 0.248 e. The van der Waals surface area contributed by atoms with Gasteiger partial charge in [-0.15, -0.1) is 10.2 Å². The van der Waals surface area contributed by atoms with E-state index in [0.29, 0.717) is 23.4 Å². The van der Waals surface area contributed by atoms with E-state index in [1.807, 2.05) is 25.2 Å². The first-order valence-electron chi connectivity index (χ1n) is 12.5. The summed E-state index contributed by atoms with van der Waals surface area (Å²) in [4.78, 5) is 6.87. The number of nitrogens with one attached hydrogen (secondary N) is 1. The molecule has 1 aromatic carbocycles. The van der Waals surface area contributed by atoms with E-state index in [1.54, 1.807) is 0 Å². The summed E-state index contributed by atoms with van der Waals surface area (Å²) in [7, 11) is 3.54. The van der Waals surface area contributed by atoms with Crippen molar-refractivity contribution in [1.29, 1.82) is 0 Å². The summed E-state index contributed by atoms with van der Waals surface area (Å²) in [6.07, 6.45) is 3.36. The maximum atomic E-state index is 11.4. The van der Waals surface area contributed by atoms with Crippen molar-refractivity contribution in [1.82, 2.24) is 24.8 Å². The maximum absolute atomic E-state index is 11.4. The Morgan fingerprint density at radius 2 is 1.97 bits per heavy atom. The molecule has 5 atom stereocenters. The molecular weight excluding hydrogens is 476 g/mol. The van der Waals surface area contributed by atoms with Crippen molar-refractivity contribution in [3.63, 3.8) is 0 Å². The summed E-state index contributed by atoms with van der Waals surface area (Å²) in [5, 5.41) is 12.4. The zero-order valence-electron chi connectivity index (χ0n) is 21.0. The summed E-state index contributed by atoms with van der Waals surface area (Å²) >= 11 is -2.33. The quantitative estimate of drug-likeness (QED) is 0.435. The Bertz CT molecular complexity index is 1210. The molecule has 3 aromatic rings. The molecule has 3 heterocycles. The number of rotatable bonds is 9. The molecule has 1 N–H and O–H groups in total. The second-order valence-corrected chi connectivity index (χ2v) is 11.2. The molecule has 0 radical (unpaired) electrons. The first-order valence-corrected chi connectivity index (χ1v) is 13.6. The van der Waals surface area contributed by atoms with Crippen LogP contribution in [0.2, 0.25) is 0 Å². The summed E-state index contributed by atoms with van der Waals surface area (Å²) in [6.45, 7) is 4.22. The Kier molecular flexibility index (Phi) is 7.47. The van der Waals surface area contributed by atoms with Gasteiger partial charge in [0.05, 0.1) is 18.3 Å². The lowest BCUT2D eigenvalue weighted by atomic mass is 9.85. The Hall–Kier alpha value is -2.66. The van der Waals surface area contributed by atoms with Crippen LogP contribution in [-0.4, -0.2) is 55.4 Å². The number of hydrogen-bond acceptors (Lipinski definition) is 8. The maximum Gasteiger partial charge on any atom is 0.248 e. The van der Waals surface area contributed by atoms with Gasteiger partial charge in [0.15, 0.2) is 0 Å². The van der Waals surface area contributed by atoms with E-state index >= 15 is 0 Å². The number of benzene rings is 1. The van der Waals surface area contributed by atoms with Crippen molar-refractivity contribution in [2.24, 2.45) is 11.8 Å². The molecule has 0 spiro atoms. The molecule has 1 saturated carbocycles. The lowest BCUT2D eigenvalue weighted by molar-refractivity contribution is 0.303. The van der Waals surface area contributed by atoms with Crippen LogP contribution >= 0.6 is 0 Å². The minimum absolute atomic E-state index is 0.0591. The van der Waals surface area contributed by atoms with Crippen molar-refractivity contribution < 1.29 is 13.2 Å². The first-order chi connectivity index (χ1) is 17.4. The van der Waals surface area contributed by atoms with Gasteiger partial charge < -0.3 is 19.2 Å². The van der Waals surface area contributed by atoms with E-state index in [-0.39, 0.29) is 18.5 Å². The van der Waals surface area contributed by atoms with Gasteiger partial charge in [-0.1, -0.05) is 37.3 Å². The Labute approximate surface area is 214 Å². The van der Waals surface area contributed by atoms with Gasteiger partial charge in [-0.2, -0.15) is 0 Å². The van der Waals surface area contributed by atoms with Crippen LogP contribution in [0.3, 0.4) is 0 Å². The fourth-order valence-corrected chi connectivity index (χ4v) is 5.27. The topological polar surface area (TPSA) is 110 Å². The highest BCUT2D eigenvalue weighted by atomic mass is 32.2. The van der Waals surface area contributed by atoms with E-state index in [0.717, 1.165) is 43.2 Å². The molecule has 1 saturated heterocycles. The molecule has 2 aliphatic rings. The fraction of sp³-hybridized carbons (Fsp3) is 0.500. The van der Waals surface area contributed by atoms with Crippen LogP contribution in [0.1, 0.15) is 55.3 Å². The van der Waals surface area contributed by atoms with E-state index in [2.05, 4.69) is 51.6 Å². The van der Waals surface area contributed by atoms with Gasteiger partial charge in [0.1, 0.15) is 5.82 Å². The Balaban J connectivity index is 1.44. The highest BCUT2D eigenvalue weighted by molar-refractivity contribution is 7.76. The third kappa shape index (κ3) is 5.67. The van der Waals surface area contributed by atoms with Crippen molar-refractivity contribution in [2.45, 2.75) is 44.7 Å². The van der Waals surface area contributed by atoms with E-state index in [4.69, 9.17) is 9.40 Å². The van der Waals surface area contributed by atoms with Crippen LogP contribution in [0.5, 0.6) is 0 Å². The number of nitrogens with zero attached hydrogens (tertiary/aromatic N) is 5. The average molecular weight is 510 g/mol. The van der Waals surface area contributed by atoms with Crippen LogP contribution in [0.25, 0.3) is 11.5 Å². The van der Waals surface area contributed by atoms with E-state index < -0.39 is 11.3 Å². The third-order valence-electron chi connectivity index (χ3n) is 7.32. The summed E-state index contributed by atoms with van der Waals surface area (Å²) < 4.78 is 30.3. The third-order valence-corrected chi connectivity index (χ3v) is 7.96. The minimum atomic E-state index is -2.33. The highest BCUT2D eigenvalue weighted by Crippen LogP contribution is 2.39. The molecule has 10 heteroatoms. The van der Waals surface area contributed by atoms with Crippen molar-refractivity contribution >= 4 is 17.1 Å². The first kappa shape index (κ1) is 25.0. The fourth-order valence-electron chi connectivity index (χ4n) is 5.04. The highest BCUT2D eigenvalue weighted by Gasteiger charge is 2.34. The largest absolute Gasteiger partial charge is 0.760 e. The second kappa shape index (κ2) is 10.8. The van der Waals surface area contributed by atoms with Crippen molar-refractivity contribution in [3.05, 3.63) is 59.6 Å². The SMILES string of the molecule is CC1CC1CN(C)c1cc(-c2nnc(C3NCCCC3c3ccccc3)o2)cc(CN(C)S(=O)[O-])n1. The lowest BCUT2D eigenvalue weighted by Crippen LogP contribution is -2.33. The van der Waals surface area contributed by atoms with Crippen LogP contribution in [0.15, 0.2) is 46.9 Å². The normalized spacial score (nSPS) is 24.6. The predicted molar refractivity (Wildman–Crippen MR) is 138 cm³/mol. The number of aromatic nitrogens is 3. The molecule has 5 rings (SSSR count). The summed E-state index contributed by atoms with van der Waals surface area (Å²) in [5.74, 6) is 3.38. The van der Waals surface area contributed by atoms with E-state index in [1.165, 1.54) is 23.3 Å². The zero-order valence-corrected chi connectivity index (χ0v) is 21.8. The van der Waals surface area contributed by atoms with Crippen molar-refractivity contribution in [2.75, 3.05) is 32.1 Å². The molecule has 2 aromatic heterocycles. The number of pyridine rings is 1. The number of piperidine rings is 1. The van der Waals surface area contributed by atoms with Gasteiger partial charge in [0, 0.05) is 36.3 Å². The van der Waals surface area contributed by atoms with Crippen LogP contribution < -0.4 is 10.2 Å². The lowest BCUT2D eigenvalue weighted by Gasteiger charge is -2.30. The van der Waals surface area contributed by atoms with Gasteiger partial charge in [0.2, 0.25) is 11.8 Å². The van der Waals surface area contributed by atoms with Crippen LogP contribution in [0.4, 0.5) is 5.82 Å². The standard InChI is InChI=1S/C26H34N6O3S/c1-17-12-20(17)15-31(2)23-14-19(13-21(28-23)16-32(3)36(33)34)25-29-30-26(35-25)24-22(10-7-11-27-24)18-8-5-4-6-9-18/h4-6,8-9,13-14,17,20,22,24,27H,7,10-12,15-16H2,1-3H3,(H,33,34)/p-1. The zero-order chi connectivity index (χ0) is 25.2. The molecule has 5 unspecified atom stereocenters. The van der Waals surface area contributed by atoms with Crippen LogP contribution in [-0.2, 0) is 17.8 Å². The molecule has 0 amide bonds. The van der Waals surface area contributed by atoms with Gasteiger partial charge in [0.25, 0.3) is 0 Å². The van der Waals surface area contributed by atoms with Gasteiger partial charge >= 0.3 is 0 Å². The van der Waals surface area contributed by atoms with Gasteiger partial charge in [-0.05, 0) is 62.4 Å². The Morgan fingerprint density at radius 1 is 1.19 bits per heavy atom. The minimum Gasteiger partial charge on any atom is -0.760 e. The molecule has 192 valence electrons. The molecule has 1 aliphatic carbocycles. The Morgan fingerprint density at radius 3 is 2.69 bits per heavy atom. The molecule has 0 bridgehead atoms. The summed E-state index contributed by atoms with van der Waals surface area (Å²) in [6, 6.07) is 14.2. The number of hydrogen-bond donors (Lipinski definition) is 1. The summed E-state index contributed by atoms with van der Waals surface area (Å²) in [5.41, 5.74) is 2.62. The molecule has 2 fully saturated rings. The number of anilines is 1. The monoisotopic (exact) mass is 509 g/mol. The molecular formula is C26H33N6O3S-. The van der Waals surface area contributed by atoms with Gasteiger partial charge in [-0.3, -0.25) is 4.21 Å². The van der Waals surface area contributed by atoms with E-state index in [9.17, 15) is 8.76 Å². The van der Waals surface area contributed by atoms with Crippen molar-refractivity contribution in [3.8, 4) is 11.5 Å². The molecule has 9 nitrogen and oxygen atoms in total. The second-order valence-electron chi connectivity index (χ2n) is 10.1. The molecule has 1 aliphatic heterocycles.